The number of halogens is 2. The second-order valence-corrected chi connectivity index (χ2v) is 6.42. The van der Waals surface area contributed by atoms with Gasteiger partial charge in [-0.25, -0.2) is 4.79 Å². The van der Waals surface area contributed by atoms with E-state index in [0.717, 1.165) is 5.56 Å². The Bertz CT molecular complexity index is 918. The van der Waals surface area contributed by atoms with Crippen molar-refractivity contribution >= 4 is 29.2 Å². The highest BCUT2D eigenvalue weighted by molar-refractivity contribution is 6.43. The van der Waals surface area contributed by atoms with Crippen LogP contribution in [0.2, 0.25) is 10.0 Å². The average Bonchev–Trinajstić information content (AvgIpc) is 3.09. The maximum absolute atomic E-state index is 11.8. The van der Waals surface area contributed by atoms with Gasteiger partial charge in [0, 0.05) is 5.56 Å². The van der Waals surface area contributed by atoms with Crippen LogP contribution < -0.4 is 4.74 Å². The van der Waals surface area contributed by atoms with Gasteiger partial charge < -0.3 is 13.9 Å². The van der Waals surface area contributed by atoms with Gasteiger partial charge in [0.2, 0.25) is 0 Å². The van der Waals surface area contributed by atoms with Gasteiger partial charge in [-0.05, 0) is 48.9 Å². The summed E-state index contributed by atoms with van der Waals surface area (Å²) in [4.78, 5) is 11.8. The minimum atomic E-state index is -0.481. The third-order valence-corrected chi connectivity index (χ3v) is 4.42. The summed E-state index contributed by atoms with van der Waals surface area (Å²) in [6, 6.07) is 16.2. The summed E-state index contributed by atoms with van der Waals surface area (Å²) in [5, 5.41) is 0.862. The smallest absolute Gasteiger partial charge is 0.344 e. The van der Waals surface area contributed by atoms with Crippen LogP contribution in [0.15, 0.2) is 59.0 Å². The maximum atomic E-state index is 11.8. The largest absolute Gasteiger partial charge is 0.482 e. The van der Waals surface area contributed by atoms with E-state index >= 15 is 0 Å². The lowest BCUT2D eigenvalue weighted by Gasteiger charge is -2.07. The van der Waals surface area contributed by atoms with Crippen molar-refractivity contribution in [2.45, 2.75) is 13.5 Å². The van der Waals surface area contributed by atoms with E-state index in [1.165, 1.54) is 0 Å². The number of ether oxygens (including phenoxy) is 2. The first-order chi connectivity index (χ1) is 12.5. The molecule has 0 saturated carbocycles. The summed E-state index contributed by atoms with van der Waals surface area (Å²) >= 11 is 12.2. The zero-order valence-electron chi connectivity index (χ0n) is 14.0. The van der Waals surface area contributed by atoms with E-state index in [4.69, 9.17) is 37.1 Å². The molecule has 2 aromatic carbocycles. The highest BCUT2D eigenvalue weighted by Gasteiger charge is 2.12. The van der Waals surface area contributed by atoms with Crippen molar-refractivity contribution < 1.29 is 18.7 Å². The van der Waals surface area contributed by atoms with E-state index in [-0.39, 0.29) is 13.2 Å². The molecule has 4 nitrogen and oxygen atoms in total. The summed E-state index contributed by atoms with van der Waals surface area (Å²) in [6.07, 6.45) is 0. The first kappa shape index (κ1) is 18.4. The van der Waals surface area contributed by atoms with Gasteiger partial charge in [-0.3, -0.25) is 0 Å². The number of esters is 1. The molecule has 0 N–H and O–H groups in total. The van der Waals surface area contributed by atoms with Crippen LogP contribution in [-0.4, -0.2) is 12.6 Å². The van der Waals surface area contributed by atoms with E-state index in [9.17, 15) is 4.79 Å². The first-order valence-electron chi connectivity index (χ1n) is 7.91. The standard InChI is InChI=1S/C20H16Cl2O4/c1-13-4-2-5-14(10-13)24-12-19(23)25-11-15-8-9-18(26-15)16-6-3-7-17(21)20(16)22/h2-10H,11-12H2,1H3. The predicted octanol–water partition coefficient (Wildman–Crippen LogP) is 5.68. The number of benzene rings is 2. The van der Waals surface area contributed by atoms with Crippen molar-refractivity contribution in [2.75, 3.05) is 6.61 Å². The Morgan fingerprint density at radius 1 is 1.08 bits per heavy atom. The zero-order valence-corrected chi connectivity index (χ0v) is 15.5. The second kappa shape index (κ2) is 8.30. The van der Waals surface area contributed by atoms with E-state index in [1.807, 2.05) is 25.1 Å². The average molecular weight is 391 g/mol. The molecule has 0 saturated heterocycles. The Morgan fingerprint density at radius 2 is 1.88 bits per heavy atom. The van der Waals surface area contributed by atoms with E-state index in [1.54, 1.807) is 36.4 Å². The second-order valence-electron chi connectivity index (χ2n) is 5.63. The molecule has 0 aliphatic rings. The molecule has 3 aromatic rings. The molecular weight excluding hydrogens is 375 g/mol. The third kappa shape index (κ3) is 4.59. The van der Waals surface area contributed by atoms with Gasteiger partial charge in [0.05, 0.1) is 10.0 Å². The SMILES string of the molecule is Cc1cccc(OCC(=O)OCc2ccc(-c3cccc(Cl)c3Cl)o2)c1. The topological polar surface area (TPSA) is 48.7 Å². The van der Waals surface area contributed by atoms with E-state index in [2.05, 4.69) is 0 Å². The summed E-state index contributed by atoms with van der Waals surface area (Å²) in [6.45, 7) is 1.79. The Kier molecular flexibility index (Phi) is 5.86. The summed E-state index contributed by atoms with van der Waals surface area (Å²) in [7, 11) is 0. The van der Waals surface area contributed by atoms with Crippen LogP contribution in [0.5, 0.6) is 5.75 Å². The molecule has 0 unspecified atom stereocenters. The number of carbonyl (C=O) groups is 1. The fourth-order valence-electron chi connectivity index (χ4n) is 2.34. The van der Waals surface area contributed by atoms with Gasteiger partial charge >= 0.3 is 5.97 Å². The number of hydrogen-bond acceptors (Lipinski definition) is 4. The van der Waals surface area contributed by atoms with Crippen LogP contribution in [0.25, 0.3) is 11.3 Å². The minimum absolute atomic E-state index is 0.00813. The predicted molar refractivity (Wildman–Crippen MR) is 101 cm³/mol. The van der Waals surface area contributed by atoms with E-state index < -0.39 is 5.97 Å². The fourth-order valence-corrected chi connectivity index (χ4v) is 2.73. The Labute approximate surface area is 161 Å². The number of rotatable bonds is 6. The highest BCUT2D eigenvalue weighted by atomic mass is 35.5. The van der Waals surface area contributed by atoms with Gasteiger partial charge in [0.25, 0.3) is 0 Å². The van der Waals surface area contributed by atoms with Crippen LogP contribution in [0.4, 0.5) is 0 Å². The number of furan rings is 1. The minimum Gasteiger partial charge on any atom is -0.482 e. The van der Waals surface area contributed by atoms with E-state index in [0.29, 0.717) is 32.9 Å². The van der Waals surface area contributed by atoms with Crippen molar-refractivity contribution in [3.63, 3.8) is 0 Å². The molecular formula is C20H16Cl2O4. The summed E-state index contributed by atoms with van der Waals surface area (Å²) < 4.78 is 16.2. The van der Waals surface area contributed by atoms with Crippen molar-refractivity contribution in [3.05, 3.63) is 76.0 Å². The van der Waals surface area contributed by atoms with Gasteiger partial charge in [-0.2, -0.15) is 0 Å². The molecule has 1 heterocycles. The van der Waals surface area contributed by atoms with Crippen molar-refractivity contribution in [3.8, 4) is 17.1 Å². The van der Waals surface area contributed by atoms with Crippen molar-refractivity contribution in [2.24, 2.45) is 0 Å². The van der Waals surface area contributed by atoms with Crippen LogP contribution in [0, 0.1) is 6.92 Å². The normalized spacial score (nSPS) is 10.6. The molecule has 0 fully saturated rings. The number of carbonyl (C=O) groups excluding carboxylic acids is 1. The molecule has 0 aliphatic heterocycles. The number of hydrogen-bond donors (Lipinski definition) is 0. The molecule has 0 radical (unpaired) electrons. The van der Waals surface area contributed by atoms with Crippen LogP contribution in [0.1, 0.15) is 11.3 Å². The lowest BCUT2D eigenvalue weighted by atomic mass is 10.2. The molecule has 0 spiro atoms. The quantitative estimate of drug-likeness (QED) is 0.507. The summed E-state index contributed by atoms with van der Waals surface area (Å²) in [5.41, 5.74) is 1.73. The Hall–Kier alpha value is -2.43. The number of aryl methyl sites for hydroxylation is 1. The molecule has 26 heavy (non-hydrogen) atoms. The highest BCUT2D eigenvalue weighted by Crippen LogP contribution is 2.34. The fraction of sp³-hybridized carbons (Fsp3) is 0.150. The molecule has 3 rings (SSSR count). The van der Waals surface area contributed by atoms with Crippen LogP contribution in [0.3, 0.4) is 0 Å². The molecule has 0 bridgehead atoms. The molecule has 0 amide bonds. The van der Waals surface area contributed by atoms with Crippen molar-refractivity contribution in [1.29, 1.82) is 0 Å². The van der Waals surface area contributed by atoms with Gasteiger partial charge in [-0.15, -0.1) is 0 Å². The van der Waals surface area contributed by atoms with Gasteiger partial charge in [-0.1, -0.05) is 41.4 Å². The Morgan fingerprint density at radius 3 is 2.69 bits per heavy atom. The molecule has 134 valence electrons. The molecule has 1 aromatic heterocycles. The molecule has 6 heteroatoms. The van der Waals surface area contributed by atoms with Crippen LogP contribution in [-0.2, 0) is 16.1 Å². The molecule has 0 aliphatic carbocycles. The van der Waals surface area contributed by atoms with Gasteiger partial charge in [0.1, 0.15) is 23.9 Å². The molecule has 0 atom stereocenters. The Balaban J connectivity index is 1.54. The lowest BCUT2D eigenvalue weighted by Crippen LogP contribution is -2.14. The van der Waals surface area contributed by atoms with Crippen LogP contribution >= 0.6 is 23.2 Å². The van der Waals surface area contributed by atoms with Crippen molar-refractivity contribution in [1.82, 2.24) is 0 Å². The zero-order chi connectivity index (χ0) is 18.5. The third-order valence-electron chi connectivity index (χ3n) is 3.60. The monoisotopic (exact) mass is 390 g/mol. The maximum Gasteiger partial charge on any atom is 0.344 e. The first-order valence-corrected chi connectivity index (χ1v) is 8.67. The lowest BCUT2D eigenvalue weighted by molar-refractivity contribution is -0.147. The summed E-state index contributed by atoms with van der Waals surface area (Å²) in [5.74, 6) is 1.20. The van der Waals surface area contributed by atoms with Gasteiger partial charge in [0.15, 0.2) is 6.61 Å².